The molecule has 6 nitrogen and oxygen atoms in total. The highest BCUT2D eigenvalue weighted by Crippen LogP contribution is 2.50. The second kappa shape index (κ2) is 7.62. The first-order chi connectivity index (χ1) is 13.6. The molecule has 0 atom stereocenters. The number of phosphoric ester groups is 1. The predicted molar refractivity (Wildman–Crippen MR) is 107 cm³/mol. The van der Waals surface area contributed by atoms with Crippen molar-refractivity contribution in [2.75, 3.05) is 0 Å². The van der Waals surface area contributed by atoms with E-state index in [4.69, 9.17) is 13.6 Å². The summed E-state index contributed by atoms with van der Waals surface area (Å²) in [7, 11) is -4.16. The Bertz CT molecular complexity index is 1150. The number of benzene rings is 3. The maximum absolute atomic E-state index is 13.5. The van der Waals surface area contributed by atoms with Crippen LogP contribution in [0.3, 0.4) is 0 Å². The lowest BCUT2D eigenvalue weighted by Crippen LogP contribution is -2.10. The standard InChI is InChI=1S/C21H16NO5P/c23-21-15-20(18-13-7-8-14-19(18)22-21)27-28(24,25-16-9-3-1-4-10-16)26-17-11-5-2-6-12-17/h1-15H,(H,22,23). The van der Waals surface area contributed by atoms with Crippen LogP contribution in [0.25, 0.3) is 10.9 Å². The topological polar surface area (TPSA) is 77.6 Å². The number of aromatic amines is 1. The largest absolute Gasteiger partial charge is 0.647 e. The van der Waals surface area contributed by atoms with Gasteiger partial charge in [0.15, 0.2) is 0 Å². The molecule has 0 aliphatic heterocycles. The molecule has 0 bridgehead atoms. The summed E-state index contributed by atoms with van der Waals surface area (Å²) in [5.74, 6) is 0.737. The minimum atomic E-state index is -4.16. The van der Waals surface area contributed by atoms with E-state index in [1.54, 1.807) is 84.9 Å². The SMILES string of the molecule is O=c1cc(OP(=O)(Oc2ccccc2)Oc2ccccc2)c2ccccc2[nH]1. The summed E-state index contributed by atoms with van der Waals surface area (Å²) in [5.41, 5.74) is 0.163. The maximum atomic E-state index is 13.5. The van der Waals surface area contributed by atoms with Gasteiger partial charge in [-0.15, -0.1) is 0 Å². The molecule has 140 valence electrons. The third kappa shape index (κ3) is 4.08. The van der Waals surface area contributed by atoms with Crippen molar-refractivity contribution >= 4 is 18.7 Å². The molecule has 0 aliphatic rings. The second-order valence-corrected chi connectivity index (χ2v) is 7.33. The zero-order chi connectivity index (χ0) is 19.4. The first-order valence-electron chi connectivity index (χ1n) is 8.52. The van der Waals surface area contributed by atoms with E-state index >= 15 is 0 Å². The first kappa shape index (κ1) is 17.9. The van der Waals surface area contributed by atoms with E-state index in [2.05, 4.69) is 4.98 Å². The smallest absolute Gasteiger partial charge is 0.386 e. The number of pyridine rings is 1. The molecule has 4 rings (SSSR count). The van der Waals surface area contributed by atoms with Gasteiger partial charge in [0.25, 0.3) is 5.56 Å². The molecule has 0 aliphatic carbocycles. The molecule has 0 spiro atoms. The van der Waals surface area contributed by atoms with Gasteiger partial charge >= 0.3 is 7.82 Å². The Morgan fingerprint density at radius 1 is 0.679 bits per heavy atom. The summed E-state index contributed by atoms with van der Waals surface area (Å²) in [6, 6.07) is 25.4. The monoisotopic (exact) mass is 393 g/mol. The summed E-state index contributed by atoms with van der Waals surface area (Å²) in [6.07, 6.45) is 0. The van der Waals surface area contributed by atoms with Gasteiger partial charge < -0.3 is 18.6 Å². The highest BCUT2D eigenvalue weighted by molar-refractivity contribution is 7.49. The average Bonchev–Trinajstić information content (AvgIpc) is 2.69. The summed E-state index contributed by atoms with van der Waals surface area (Å²) in [4.78, 5) is 14.7. The van der Waals surface area contributed by atoms with Crippen LogP contribution in [0.4, 0.5) is 0 Å². The molecular formula is C21H16NO5P. The van der Waals surface area contributed by atoms with E-state index in [-0.39, 0.29) is 11.3 Å². The Labute approximate surface area is 160 Å². The van der Waals surface area contributed by atoms with E-state index in [1.807, 2.05) is 0 Å². The zero-order valence-electron chi connectivity index (χ0n) is 14.6. The highest BCUT2D eigenvalue weighted by atomic mass is 31.2. The predicted octanol–water partition coefficient (Wildman–Crippen LogP) is 5.17. The number of hydrogen-bond acceptors (Lipinski definition) is 5. The van der Waals surface area contributed by atoms with Crippen LogP contribution in [-0.2, 0) is 4.57 Å². The van der Waals surface area contributed by atoms with Gasteiger partial charge in [0, 0.05) is 11.5 Å². The molecule has 28 heavy (non-hydrogen) atoms. The molecule has 0 radical (unpaired) electrons. The average molecular weight is 393 g/mol. The van der Waals surface area contributed by atoms with Crippen LogP contribution in [0.15, 0.2) is 95.8 Å². The van der Waals surface area contributed by atoms with Crippen LogP contribution >= 0.6 is 7.82 Å². The molecule has 0 amide bonds. The first-order valence-corrected chi connectivity index (χ1v) is 9.98. The third-order valence-electron chi connectivity index (χ3n) is 3.84. The number of aromatic nitrogens is 1. The Morgan fingerprint density at radius 2 is 1.21 bits per heavy atom. The van der Waals surface area contributed by atoms with Crippen molar-refractivity contribution in [3.63, 3.8) is 0 Å². The Kier molecular flexibility index (Phi) is 4.87. The number of H-pyrrole nitrogens is 1. The molecule has 0 fully saturated rings. The van der Waals surface area contributed by atoms with E-state index in [0.717, 1.165) is 0 Å². The van der Waals surface area contributed by atoms with Crippen LogP contribution in [0.1, 0.15) is 0 Å². The van der Waals surface area contributed by atoms with Crippen molar-refractivity contribution in [2.45, 2.75) is 0 Å². The molecule has 1 aromatic heterocycles. The number of para-hydroxylation sites is 3. The lowest BCUT2D eigenvalue weighted by atomic mass is 10.2. The third-order valence-corrected chi connectivity index (χ3v) is 5.13. The van der Waals surface area contributed by atoms with Crippen LogP contribution in [0.2, 0.25) is 0 Å². The van der Waals surface area contributed by atoms with Gasteiger partial charge in [0.2, 0.25) is 0 Å². The number of hydrogen-bond donors (Lipinski definition) is 1. The molecule has 4 aromatic rings. The summed E-state index contributed by atoms with van der Waals surface area (Å²) in [5, 5.41) is 0.579. The van der Waals surface area contributed by atoms with Crippen molar-refractivity contribution in [1.29, 1.82) is 0 Å². The van der Waals surface area contributed by atoms with Crippen LogP contribution in [0.5, 0.6) is 17.2 Å². The number of nitrogens with one attached hydrogen (secondary N) is 1. The van der Waals surface area contributed by atoms with Gasteiger partial charge in [-0.05, 0) is 36.4 Å². The van der Waals surface area contributed by atoms with Gasteiger partial charge in [-0.1, -0.05) is 48.5 Å². The van der Waals surface area contributed by atoms with Crippen molar-refractivity contribution in [2.24, 2.45) is 0 Å². The zero-order valence-corrected chi connectivity index (χ0v) is 15.5. The number of phosphoric acid groups is 1. The number of rotatable bonds is 6. The van der Waals surface area contributed by atoms with E-state index < -0.39 is 7.82 Å². The van der Waals surface area contributed by atoms with Gasteiger partial charge in [0.05, 0.1) is 5.52 Å². The van der Waals surface area contributed by atoms with Crippen molar-refractivity contribution in [3.05, 3.63) is 101 Å². The van der Waals surface area contributed by atoms with Crippen molar-refractivity contribution in [3.8, 4) is 17.2 Å². The van der Waals surface area contributed by atoms with E-state index in [9.17, 15) is 9.36 Å². The summed E-state index contributed by atoms with van der Waals surface area (Å²) < 4.78 is 30.4. The maximum Gasteiger partial charge on any atom is 0.647 e. The molecule has 0 unspecified atom stereocenters. The Balaban J connectivity index is 1.76. The molecule has 1 N–H and O–H groups in total. The van der Waals surface area contributed by atoms with Gasteiger partial charge in [-0.2, -0.15) is 4.57 Å². The van der Waals surface area contributed by atoms with Gasteiger partial charge in [-0.25, -0.2) is 0 Å². The van der Waals surface area contributed by atoms with E-state index in [0.29, 0.717) is 22.4 Å². The van der Waals surface area contributed by atoms with E-state index in [1.165, 1.54) is 6.07 Å². The molecule has 7 heteroatoms. The molecular weight excluding hydrogens is 377 g/mol. The fraction of sp³-hybridized carbons (Fsp3) is 0. The normalized spacial score (nSPS) is 11.1. The fourth-order valence-corrected chi connectivity index (χ4v) is 3.91. The molecule has 0 saturated carbocycles. The Hall–Kier alpha value is -3.50. The molecule has 0 saturated heterocycles. The lowest BCUT2D eigenvalue weighted by Gasteiger charge is -2.20. The highest BCUT2D eigenvalue weighted by Gasteiger charge is 2.34. The number of fused-ring (bicyclic) bond motifs is 1. The lowest BCUT2D eigenvalue weighted by molar-refractivity contribution is 0.299. The van der Waals surface area contributed by atoms with Crippen molar-refractivity contribution < 1.29 is 18.1 Å². The summed E-state index contributed by atoms with van der Waals surface area (Å²) in [6.45, 7) is 0. The fourth-order valence-electron chi connectivity index (χ4n) is 2.65. The van der Waals surface area contributed by atoms with Crippen LogP contribution in [-0.4, -0.2) is 4.98 Å². The van der Waals surface area contributed by atoms with Crippen molar-refractivity contribution in [1.82, 2.24) is 4.98 Å². The van der Waals surface area contributed by atoms with Gasteiger partial charge in [-0.3, -0.25) is 4.79 Å². The van der Waals surface area contributed by atoms with Crippen LogP contribution < -0.4 is 19.1 Å². The summed E-state index contributed by atoms with van der Waals surface area (Å²) >= 11 is 0. The second-order valence-electron chi connectivity index (χ2n) is 5.89. The van der Waals surface area contributed by atoms with Gasteiger partial charge in [0.1, 0.15) is 17.2 Å². The Morgan fingerprint density at radius 3 is 1.82 bits per heavy atom. The minimum Gasteiger partial charge on any atom is -0.386 e. The molecule has 1 heterocycles. The quantitative estimate of drug-likeness (QED) is 0.457. The van der Waals surface area contributed by atoms with Crippen LogP contribution in [0, 0.1) is 0 Å². The molecule has 3 aromatic carbocycles. The minimum absolute atomic E-state index is 0.106.